The quantitative estimate of drug-likeness (QED) is 0.416. The summed E-state index contributed by atoms with van der Waals surface area (Å²) >= 11 is 7.90. The summed E-state index contributed by atoms with van der Waals surface area (Å²) in [5.74, 6) is 0.492. The van der Waals surface area contributed by atoms with Gasteiger partial charge in [0.25, 0.3) is 0 Å². The van der Waals surface area contributed by atoms with Crippen molar-refractivity contribution in [2.45, 2.75) is 66.0 Å². The molecule has 1 aromatic carbocycles. The van der Waals surface area contributed by atoms with Gasteiger partial charge in [-0.3, -0.25) is 14.4 Å². The van der Waals surface area contributed by atoms with Crippen LogP contribution in [0.2, 0.25) is 5.02 Å². The molecule has 0 N–H and O–H groups in total. The van der Waals surface area contributed by atoms with Crippen molar-refractivity contribution in [3.05, 3.63) is 68.6 Å². The van der Waals surface area contributed by atoms with Crippen LogP contribution in [0.25, 0.3) is 5.00 Å². The summed E-state index contributed by atoms with van der Waals surface area (Å²) in [5.41, 5.74) is 4.66. The zero-order chi connectivity index (χ0) is 23.2. The lowest BCUT2D eigenvalue weighted by atomic mass is 9.99. The van der Waals surface area contributed by atoms with Crippen molar-refractivity contribution >= 4 is 34.6 Å². The fourth-order valence-corrected chi connectivity index (χ4v) is 5.28. The molecule has 168 valence electrons. The number of hydrogen-bond donors (Lipinski definition) is 0. The first kappa shape index (κ1) is 22.7. The smallest absolute Gasteiger partial charge is 0.308 e. The molecule has 3 heterocycles. The van der Waals surface area contributed by atoms with E-state index in [4.69, 9.17) is 26.3 Å². The summed E-state index contributed by atoms with van der Waals surface area (Å²) in [5, 5.41) is 1.78. The van der Waals surface area contributed by atoms with Crippen LogP contribution in [0.15, 0.2) is 35.5 Å². The van der Waals surface area contributed by atoms with Crippen LogP contribution in [0.3, 0.4) is 0 Å². The first-order valence-electron chi connectivity index (χ1n) is 10.8. The Morgan fingerprint density at radius 1 is 1.22 bits per heavy atom. The van der Waals surface area contributed by atoms with E-state index in [-0.39, 0.29) is 12.4 Å². The van der Waals surface area contributed by atoms with Gasteiger partial charge in [-0.25, -0.2) is 4.98 Å². The maximum atomic E-state index is 12.8. The molecule has 7 heteroatoms. The van der Waals surface area contributed by atoms with Crippen LogP contribution in [0, 0.1) is 13.8 Å². The zero-order valence-electron chi connectivity index (χ0n) is 19.3. The minimum Gasteiger partial charge on any atom is -0.460 e. The van der Waals surface area contributed by atoms with E-state index >= 15 is 0 Å². The molecule has 0 bridgehead atoms. The van der Waals surface area contributed by atoms with Crippen molar-refractivity contribution in [1.29, 1.82) is 0 Å². The number of benzene rings is 1. The highest BCUT2D eigenvalue weighted by atomic mass is 35.5. The number of rotatable bonds is 4. The predicted molar refractivity (Wildman–Crippen MR) is 131 cm³/mol. The topological polar surface area (TPSA) is 56.5 Å². The van der Waals surface area contributed by atoms with Crippen molar-refractivity contribution in [2.24, 2.45) is 4.99 Å². The number of nitrogens with zero attached hydrogens (tertiary/aromatic N) is 3. The molecule has 1 atom stereocenters. The van der Waals surface area contributed by atoms with Gasteiger partial charge in [-0.1, -0.05) is 30.7 Å². The molecule has 1 aliphatic rings. The third-order valence-corrected chi connectivity index (χ3v) is 6.96. The molecule has 32 heavy (non-hydrogen) atoms. The number of ether oxygens (including phenoxy) is 1. The lowest BCUT2D eigenvalue weighted by molar-refractivity contribution is -0.155. The molecule has 3 aromatic rings. The van der Waals surface area contributed by atoms with Crippen LogP contribution < -0.4 is 0 Å². The van der Waals surface area contributed by atoms with E-state index in [0.717, 1.165) is 39.8 Å². The average molecular weight is 470 g/mol. The number of carbonyl (C=O) groups excluding carboxylic acids is 1. The summed E-state index contributed by atoms with van der Waals surface area (Å²) in [6.45, 7) is 12.0. The monoisotopic (exact) mass is 469 g/mol. The van der Waals surface area contributed by atoms with Gasteiger partial charge in [0, 0.05) is 32.9 Å². The molecular weight excluding hydrogens is 442 g/mol. The Morgan fingerprint density at radius 2 is 1.91 bits per heavy atom. The molecule has 0 saturated carbocycles. The van der Waals surface area contributed by atoms with E-state index in [1.165, 1.54) is 10.4 Å². The number of halogens is 1. The summed E-state index contributed by atoms with van der Waals surface area (Å²) in [7, 11) is 0. The predicted octanol–water partition coefficient (Wildman–Crippen LogP) is 6.39. The van der Waals surface area contributed by atoms with Gasteiger partial charge in [0.1, 0.15) is 22.5 Å². The number of hydrogen-bond acceptors (Lipinski definition) is 5. The van der Waals surface area contributed by atoms with Gasteiger partial charge in [0.15, 0.2) is 0 Å². The number of aliphatic imine (C=N–C) groups is 1. The summed E-state index contributed by atoms with van der Waals surface area (Å²) in [6, 6.07) is 7.26. The standard InChI is InChI=1S/C25H28ClN3O2S/c1-7-18-13-27-23-19(12-20(30)31-25(4,5)6)28-22(16-8-10-17(26)11-9-16)21-14(2)15(3)32-24(21)29(18)23/h8-11,13,19H,7,12H2,1-6H3/t19-/m0/s1. The third kappa shape index (κ3) is 4.26. The second-order valence-electron chi connectivity index (χ2n) is 9.05. The molecular formula is C25H28ClN3O2S. The minimum atomic E-state index is -0.555. The van der Waals surface area contributed by atoms with Crippen LogP contribution >= 0.6 is 22.9 Å². The number of carbonyl (C=O) groups is 1. The molecule has 1 aliphatic heterocycles. The first-order valence-corrected chi connectivity index (χ1v) is 12.0. The van der Waals surface area contributed by atoms with Crippen LogP contribution in [-0.4, -0.2) is 26.8 Å². The molecule has 0 radical (unpaired) electrons. The summed E-state index contributed by atoms with van der Waals surface area (Å²) in [6.07, 6.45) is 2.85. The van der Waals surface area contributed by atoms with Gasteiger partial charge in [-0.2, -0.15) is 0 Å². The third-order valence-electron chi connectivity index (χ3n) is 5.51. The van der Waals surface area contributed by atoms with Crippen molar-refractivity contribution in [3.8, 4) is 5.00 Å². The van der Waals surface area contributed by atoms with Crippen molar-refractivity contribution < 1.29 is 9.53 Å². The van der Waals surface area contributed by atoms with E-state index < -0.39 is 11.6 Å². The first-order chi connectivity index (χ1) is 15.1. The SMILES string of the molecule is CCc1cnc2n1-c1sc(C)c(C)c1C(c1ccc(Cl)cc1)=N[C@H]2CC(=O)OC(C)(C)C. The normalized spacial score (nSPS) is 15.6. The number of fused-ring (bicyclic) bond motifs is 3. The van der Waals surface area contributed by atoms with Crippen molar-refractivity contribution in [3.63, 3.8) is 0 Å². The largest absolute Gasteiger partial charge is 0.460 e. The fraction of sp³-hybridized carbons (Fsp3) is 0.400. The molecule has 5 nitrogen and oxygen atoms in total. The fourth-order valence-electron chi connectivity index (χ4n) is 3.95. The maximum Gasteiger partial charge on any atom is 0.308 e. The Hall–Kier alpha value is -2.44. The van der Waals surface area contributed by atoms with Crippen LogP contribution in [0.1, 0.15) is 73.2 Å². The number of aromatic nitrogens is 2. The number of imidazole rings is 1. The van der Waals surface area contributed by atoms with E-state index in [0.29, 0.717) is 5.02 Å². The Labute approximate surface area is 198 Å². The highest BCUT2D eigenvalue weighted by molar-refractivity contribution is 7.15. The second kappa shape index (κ2) is 8.49. The molecule has 0 spiro atoms. The minimum absolute atomic E-state index is 0.126. The average Bonchev–Trinajstić information content (AvgIpc) is 3.22. The van der Waals surface area contributed by atoms with Crippen LogP contribution in [0.5, 0.6) is 0 Å². The summed E-state index contributed by atoms with van der Waals surface area (Å²) in [4.78, 5) is 23.9. The molecule has 0 aliphatic carbocycles. The van der Waals surface area contributed by atoms with Gasteiger partial charge < -0.3 is 4.74 Å². The number of esters is 1. The molecule has 0 amide bonds. The van der Waals surface area contributed by atoms with E-state index in [9.17, 15) is 4.79 Å². The van der Waals surface area contributed by atoms with Crippen LogP contribution in [0.4, 0.5) is 0 Å². The van der Waals surface area contributed by atoms with Gasteiger partial charge in [0.05, 0.1) is 12.1 Å². The lowest BCUT2D eigenvalue weighted by Crippen LogP contribution is -2.25. The maximum absolute atomic E-state index is 12.8. The number of thiophene rings is 1. The van der Waals surface area contributed by atoms with Gasteiger partial charge in [-0.15, -0.1) is 11.3 Å². The highest BCUT2D eigenvalue weighted by Crippen LogP contribution is 2.40. The second-order valence-corrected chi connectivity index (χ2v) is 10.7. The van der Waals surface area contributed by atoms with E-state index in [2.05, 4.69) is 25.3 Å². The molecule has 4 rings (SSSR count). The van der Waals surface area contributed by atoms with E-state index in [1.54, 1.807) is 11.3 Å². The van der Waals surface area contributed by atoms with Crippen LogP contribution in [-0.2, 0) is 16.0 Å². The zero-order valence-corrected chi connectivity index (χ0v) is 20.9. The van der Waals surface area contributed by atoms with Crippen molar-refractivity contribution in [1.82, 2.24) is 9.55 Å². The lowest BCUT2D eigenvalue weighted by Gasteiger charge is -2.21. The highest BCUT2D eigenvalue weighted by Gasteiger charge is 2.33. The van der Waals surface area contributed by atoms with Gasteiger partial charge in [-0.05, 0) is 58.7 Å². The Kier molecular flexibility index (Phi) is 6.03. The number of aryl methyl sites for hydroxylation is 2. The molecule has 0 unspecified atom stereocenters. The van der Waals surface area contributed by atoms with Gasteiger partial charge >= 0.3 is 5.97 Å². The molecule has 0 saturated heterocycles. The van der Waals surface area contributed by atoms with Crippen molar-refractivity contribution in [2.75, 3.05) is 0 Å². The molecule has 2 aromatic heterocycles. The van der Waals surface area contributed by atoms with Gasteiger partial charge in [0.2, 0.25) is 0 Å². The molecule has 0 fully saturated rings. The Bertz CT molecular complexity index is 1200. The van der Waals surface area contributed by atoms with E-state index in [1.807, 2.05) is 51.2 Å². The Balaban J connectivity index is 1.93. The summed E-state index contributed by atoms with van der Waals surface area (Å²) < 4.78 is 7.82. The Morgan fingerprint density at radius 3 is 2.53 bits per heavy atom.